The topological polar surface area (TPSA) is 307 Å². The Morgan fingerprint density at radius 3 is 0.982 bits per heavy atom. The predicted molar refractivity (Wildman–Crippen MR) is 443 cm³/mol. The van der Waals surface area contributed by atoms with E-state index in [1.165, 1.54) is 186 Å². The van der Waals surface area contributed by atoms with Gasteiger partial charge in [-0.25, -0.2) is 0 Å². The first-order valence-electron chi connectivity index (χ1n) is 44.1. The third-order valence-electron chi connectivity index (χ3n) is 21.4. The first-order chi connectivity index (χ1) is 53.8. The van der Waals surface area contributed by atoms with Crippen LogP contribution < -0.4 is 5.32 Å². The molecule has 0 aromatic heterocycles. The van der Waals surface area contributed by atoms with Crippen LogP contribution in [0.25, 0.3) is 0 Å². The molecule has 0 aliphatic carbocycles. The molecule has 17 unspecified atom stereocenters. The van der Waals surface area contributed by atoms with Crippen molar-refractivity contribution in [2.45, 2.75) is 433 Å². The SMILES string of the molecule is CC/C=C\C/C=C\C/C=C\C/C=C\C/C=C\C/C=C\C/C=C\C/C=C\C/C=C\CCCCCCCCCCCCCCCC(=O)NC(COC1OC(CO)C(OC2OC(CO)C(OC3OC(CO)C(O)C(O)C3O)C(O)C2O)C(O)C1O)C(O)CCCCCCCCCCCCCCCCCCCCCCCCCC. The van der Waals surface area contributed by atoms with Crippen LogP contribution in [0, 0.1) is 0 Å². The molecule has 0 saturated carbocycles. The van der Waals surface area contributed by atoms with Crippen LogP contribution in [0.15, 0.2) is 109 Å². The van der Waals surface area contributed by atoms with Crippen molar-refractivity contribution in [2.75, 3.05) is 26.4 Å². The Hall–Kier alpha value is -3.55. The predicted octanol–water partition coefficient (Wildman–Crippen LogP) is 16.5. The molecule has 636 valence electrons. The number of aliphatic hydroxyl groups is 11. The molecule has 19 nitrogen and oxygen atoms in total. The van der Waals surface area contributed by atoms with Crippen LogP contribution in [-0.2, 0) is 33.2 Å². The van der Waals surface area contributed by atoms with E-state index in [2.05, 4.69) is 129 Å². The van der Waals surface area contributed by atoms with Crippen molar-refractivity contribution in [1.82, 2.24) is 5.32 Å². The van der Waals surface area contributed by atoms with E-state index < -0.39 is 124 Å². The summed E-state index contributed by atoms with van der Waals surface area (Å²) in [5, 5.41) is 121. The number of amides is 1. The van der Waals surface area contributed by atoms with Crippen LogP contribution in [-0.4, -0.2) is 193 Å². The summed E-state index contributed by atoms with van der Waals surface area (Å²) in [6.45, 7) is 1.72. The minimum atomic E-state index is -1.98. The molecule has 12 N–H and O–H groups in total. The zero-order valence-corrected chi connectivity index (χ0v) is 68.5. The standard InChI is InChI=1S/C91H159NO18/c1-3-5-7-9-11-13-15-17-19-21-23-25-27-29-30-31-32-33-34-35-36-37-38-39-40-41-42-43-44-45-47-49-51-53-55-57-59-61-63-65-67-69-79(97)92-74(75(96)68-66-64-62-60-58-56-54-52-50-48-46-28-26-24-22-20-18-16-14-12-10-8-6-4-2)73-105-89-85(103)82(100)87(77(71-94)107-89)110-91-86(104)83(101)88(78(72-95)108-91)109-90-84(102)81(99)80(98)76(70-93)106-90/h5,7,11,13,17,19,23,25,29-30,32-33,35-36,38-39,41-42,74-78,80-91,93-96,98-104H,3-4,6,8-10,12,14-16,18,20-22,24,26-28,31,34,37,40,43-73H2,1-2H3,(H,92,97)/b7-5-,13-11-,19-17-,25-23-,30-29-,33-32-,36-35-,39-38-,42-41-. The van der Waals surface area contributed by atoms with Gasteiger partial charge >= 0.3 is 0 Å². The quantitative estimate of drug-likeness (QED) is 0.0199. The lowest BCUT2D eigenvalue weighted by molar-refractivity contribution is -0.379. The molecule has 0 bridgehead atoms. The van der Waals surface area contributed by atoms with E-state index >= 15 is 0 Å². The van der Waals surface area contributed by atoms with Gasteiger partial charge in [0.2, 0.25) is 5.91 Å². The average molecular weight is 1560 g/mol. The van der Waals surface area contributed by atoms with Gasteiger partial charge in [0, 0.05) is 6.42 Å². The van der Waals surface area contributed by atoms with E-state index in [0.717, 1.165) is 109 Å². The van der Waals surface area contributed by atoms with Gasteiger partial charge in [0.15, 0.2) is 18.9 Å². The number of ether oxygens (including phenoxy) is 6. The van der Waals surface area contributed by atoms with Crippen LogP contribution >= 0.6 is 0 Å². The van der Waals surface area contributed by atoms with Gasteiger partial charge in [-0.05, 0) is 83.5 Å². The highest BCUT2D eigenvalue weighted by molar-refractivity contribution is 5.76. The number of hydrogen-bond donors (Lipinski definition) is 12. The summed E-state index contributed by atoms with van der Waals surface area (Å²) >= 11 is 0. The van der Waals surface area contributed by atoms with Crippen molar-refractivity contribution in [2.24, 2.45) is 0 Å². The highest BCUT2D eigenvalue weighted by Crippen LogP contribution is 2.33. The van der Waals surface area contributed by atoms with Crippen molar-refractivity contribution in [3.05, 3.63) is 109 Å². The number of allylic oxidation sites excluding steroid dienone is 18. The molecule has 0 aromatic carbocycles. The Balaban J connectivity index is 1.32. The van der Waals surface area contributed by atoms with E-state index in [1.807, 2.05) is 0 Å². The molecule has 1 amide bonds. The first kappa shape index (κ1) is 101. The Morgan fingerprint density at radius 1 is 0.336 bits per heavy atom. The van der Waals surface area contributed by atoms with Crippen LogP contribution in [0.5, 0.6) is 0 Å². The molecule has 3 saturated heterocycles. The fourth-order valence-electron chi connectivity index (χ4n) is 14.4. The third-order valence-corrected chi connectivity index (χ3v) is 21.4. The second-order valence-corrected chi connectivity index (χ2v) is 31.0. The lowest BCUT2D eigenvalue weighted by Gasteiger charge is -2.48. The Morgan fingerprint density at radius 2 is 0.627 bits per heavy atom. The van der Waals surface area contributed by atoms with Gasteiger partial charge < -0.3 is 89.9 Å². The van der Waals surface area contributed by atoms with Gasteiger partial charge in [-0.15, -0.1) is 0 Å². The molecular formula is C91H159NO18. The maximum atomic E-state index is 13.5. The Bertz CT molecular complexity index is 2410. The van der Waals surface area contributed by atoms with Gasteiger partial charge in [-0.2, -0.15) is 0 Å². The number of rotatable bonds is 70. The minimum Gasteiger partial charge on any atom is -0.394 e. The number of nitrogens with one attached hydrogen (secondary N) is 1. The fourth-order valence-corrected chi connectivity index (χ4v) is 14.4. The number of hydrogen-bond acceptors (Lipinski definition) is 18. The van der Waals surface area contributed by atoms with Crippen LogP contribution in [0.1, 0.15) is 328 Å². The average Bonchev–Trinajstić information content (AvgIpc) is 0.782. The molecule has 3 heterocycles. The normalized spacial score (nSPS) is 25.7. The highest BCUT2D eigenvalue weighted by Gasteiger charge is 2.54. The lowest BCUT2D eigenvalue weighted by atomic mass is 9.96. The van der Waals surface area contributed by atoms with Gasteiger partial charge in [0.1, 0.15) is 73.2 Å². The second kappa shape index (κ2) is 69.7. The molecule has 19 heteroatoms. The summed E-state index contributed by atoms with van der Waals surface area (Å²) in [7, 11) is 0. The summed E-state index contributed by atoms with van der Waals surface area (Å²) in [6.07, 6.45) is 70.3. The number of unbranched alkanes of at least 4 members (excludes halogenated alkanes) is 36. The molecule has 0 radical (unpaired) electrons. The zero-order valence-electron chi connectivity index (χ0n) is 68.5. The maximum Gasteiger partial charge on any atom is 0.220 e. The van der Waals surface area contributed by atoms with E-state index in [9.17, 15) is 61.0 Å². The van der Waals surface area contributed by atoms with Crippen molar-refractivity contribution in [3.8, 4) is 0 Å². The summed E-state index contributed by atoms with van der Waals surface area (Å²) in [5.41, 5.74) is 0. The van der Waals surface area contributed by atoms with Crippen molar-refractivity contribution >= 4 is 5.91 Å². The molecule has 110 heavy (non-hydrogen) atoms. The van der Waals surface area contributed by atoms with Crippen molar-refractivity contribution < 1.29 is 89.4 Å². The third kappa shape index (κ3) is 48.1. The lowest BCUT2D eigenvalue weighted by Crippen LogP contribution is -2.66. The van der Waals surface area contributed by atoms with Gasteiger partial charge in [0.05, 0.1) is 38.6 Å². The Kier molecular flexibility index (Phi) is 63.8. The number of aliphatic hydroxyl groups excluding tert-OH is 11. The maximum absolute atomic E-state index is 13.5. The van der Waals surface area contributed by atoms with Crippen LogP contribution in [0.3, 0.4) is 0 Å². The number of carbonyl (C=O) groups is 1. The van der Waals surface area contributed by atoms with Crippen molar-refractivity contribution in [1.29, 1.82) is 0 Å². The smallest absolute Gasteiger partial charge is 0.220 e. The van der Waals surface area contributed by atoms with Crippen LogP contribution in [0.2, 0.25) is 0 Å². The molecule has 3 fully saturated rings. The van der Waals surface area contributed by atoms with Crippen LogP contribution in [0.4, 0.5) is 0 Å². The van der Waals surface area contributed by atoms with E-state index in [0.29, 0.717) is 12.8 Å². The molecule has 3 aliphatic heterocycles. The fraction of sp³-hybridized carbons (Fsp3) is 0.791. The Labute approximate surface area is 665 Å². The van der Waals surface area contributed by atoms with Crippen molar-refractivity contribution in [3.63, 3.8) is 0 Å². The molecular weight excluding hydrogens is 1390 g/mol. The largest absolute Gasteiger partial charge is 0.394 e. The summed E-state index contributed by atoms with van der Waals surface area (Å²) < 4.78 is 34.6. The molecule has 17 atom stereocenters. The van der Waals surface area contributed by atoms with E-state index in [-0.39, 0.29) is 18.9 Å². The molecule has 3 rings (SSSR count). The monoisotopic (exact) mass is 1550 g/mol. The van der Waals surface area contributed by atoms with E-state index in [4.69, 9.17) is 28.4 Å². The highest BCUT2D eigenvalue weighted by atomic mass is 16.8. The molecule has 0 spiro atoms. The molecule has 0 aromatic rings. The van der Waals surface area contributed by atoms with Gasteiger partial charge in [-0.3, -0.25) is 4.79 Å². The van der Waals surface area contributed by atoms with Gasteiger partial charge in [-0.1, -0.05) is 348 Å². The van der Waals surface area contributed by atoms with E-state index in [1.54, 1.807) is 0 Å². The summed E-state index contributed by atoms with van der Waals surface area (Å²) in [6, 6.07) is -0.895. The second-order valence-electron chi connectivity index (χ2n) is 31.0. The first-order valence-corrected chi connectivity index (χ1v) is 44.1. The number of carbonyl (C=O) groups excluding carboxylic acids is 1. The minimum absolute atomic E-state index is 0.244. The van der Waals surface area contributed by atoms with Gasteiger partial charge in [0.25, 0.3) is 0 Å². The zero-order chi connectivity index (χ0) is 79.5. The summed E-state index contributed by atoms with van der Waals surface area (Å²) in [4.78, 5) is 13.5. The summed E-state index contributed by atoms with van der Waals surface area (Å²) in [5.74, 6) is -0.244. The molecule has 3 aliphatic rings.